The van der Waals surface area contributed by atoms with Gasteiger partial charge in [-0.1, -0.05) is 36.4 Å². The number of aliphatic carboxylic acids is 1. The molecule has 2 amide bonds. The van der Waals surface area contributed by atoms with E-state index in [4.69, 9.17) is 5.11 Å². The van der Waals surface area contributed by atoms with Crippen LogP contribution in [0.2, 0.25) is 0 Å². The van der Waals surface area contributed by atoms with Crippen molar-refractivity contribution in [1.29, 1.82) is 0 Å². The first-order valence-corrected chi connectivity index (χ1v) is 10.4. The Hall–Kier alpha value is -4.13. The van der Waals surface area contributed by atoms with Crippen LogP contribution in [-0.4, -0.2) is 32.0 Å². The van der Waals surface area contributed by atoms with Crippen molar-refractivity contribution in [2.75, 3.05) is 0 Å². The van der Waals surface area contributed by atoms with Crippen LogP contribution in [0.5, 0.6) is 0 Å². The van der Waals surface area contributed by atoms with Gasteiger partial charge in [-0.15, -0.1) is 0 Å². The molecule has 0 bridgehead atoms. The van der Waals surface area contributed by atoms with Crippen molar-refractivity contribution in [3.8, 4) is 0 Å². The molecule has 7 heteroatoms. The summed E-state index contributed by atoms with van der Waals surface area (Å²) in [6.07, 6.45) is 4.26. The molecule has 7 nitrogen and oxygen atoms in total. The van der Waals surface area contributed by atoms with Crippen molar-refractivity contribution in [2.24, 2.45) is 7.05 Å². The lowest BCUT2D eigenvalue weighted by atomic mass is 9.95. The van der Waals surface area contributed by atoms with E-state index in [1.165, 1.54) is 0 Å². The first-order valence-electron chi connectivity index (χ1n) is 10.4. The van der Waals surface area contributed by atoms with Gasteiger partial charge in [0.2, 0.25) is 0 Å². The van der Waals surface area contributed by atoms with Gasteiger partial charge in [0.1, 0.15) is 0 Å². The zero-order chi connectivity index (χ0) is 22.4. The highest BCUT2D eigenvalue weighted by molar-refractivity contribution is 6.50. The molecule has 0 aliphatic carbocycles. The van der Waals surface area contributed by atoms with E-state index >= 15 is 0 Å². The standard InChI is InChI=1S/C25H21N3O4/c1-27-13-17(15-7-2-4-9-19(15)27)22-23(25(32)26-24(22)31)18-14-28(12-6-11-21(29)30)20-10-5-3-8-16(18)20/h2-5,7-10,13-14H,6,11-12H2,1H3,(H,29,30)(H,26,31,32). The van der Waals surface area contributed by atoms with E-state index in [1.54, 1.807) is 0 Å². The zero-order valence-corrected chi connectivity index (χ0v) is 17.5. The molecule has 3 heterocycles. The number of aromatic nitrogens is 2. The molecule has 0 fully saturated rings. The largest absolute Gasteiger partial charge is 0.481 e. The Morgan fingerprint density at radius 3 is 2.09 bits per heavy atom. The number of amides is 2. The molecule has 0 saturated heterocycles. The van der Waals surface area contributed by atoms with E-state index in [2.05, 4.69) is 5.32 Å². The fourth-order valence-corrected chi connectivity index (χ4v) is 4.54. The molecule has 2 aromatic heterocycles. The van der Waals surface area contributed by atoms with Crippen LogP contribution in [0.4, 0.5) is 0 Å². The van der Waals surface area contributed by atoms with Crippen LogP contribution in [0.3, 0.4) is 0 Å². The number of fused-ring (bicyclic) bond motifs is 2. The first-order chi connectivity index (χ1) is 15.5. The summed E-state index contributed by atoms with van der Waals surface area (Å²) < 4.78 is 3.90. The van der Waals surface area contributed by atoms with E-state index < -0.39 is 17.8 Å². The summed E-state index contributed by atoms with van der Waals surface area (Å²) in [5.41, 5.74) is 3.95. The minimum Gasteiger partial charge on any atom is -0.481 e. The van der Waals surface area contributed by atoms with Crippen LogP contribution in [-0.2, 0) is 28.0 Å². The highest BCUT2D eigenvalue weighted by atomic mass is 16.4. The van der Waals surface area contributed by atoms with E-state index in [0.717, 1.165) is 21.8 Å². The van der Waals surface area contributed by atoms with Crippen molar-refractivity contribution in [2.45, 2.75) is 19.4 Å². The van der Waals surface area contributed by atoms with Gasteiger partial charge in [0.25, 0.3) is 11.8 Å². The SMILES string of the molecule is Cn1cc(C2=C(c3cn(CCCC(=O)O)c4ccccc34)C(=O)NC2=O)c2ccccc21. The fraction of sp³-hybridized carbons (Fsp3) is 0.160. The van der Waals surface area contributed by atoms with Gasteiger partial charge in [-0.2, -0.15) is 0 Å². The molecule has 0 radical (unpaired) electrons. The summed E-state index contributed by atoms with van der Waals surface area (Å²) in [6, 6.07) is 15.4. The lowest BCUT2D eigenvalue weighted by Gasteiger charge is -2.03. The Labute approximate surface area is 183 Å². The molecule has 32 heavy (non-hydrogen) atoms. The number of para-hydroxylation sites is 2. The average molecular weight is 427 g/mol. The van der Waals surface area contributed by atoms with Crippen molar-refractivity contribution in [3.63, 3.8) is 0 Å². The normalized spacial score (nSPS) is 14.0. The number of carboxylic acids is 1. The maximum absolute atomic E-state index is 13.0. The van der Waals surface area contributed by atoms with Crippen LogP contribution in [0.25, 0.3) is 33.0 Å². The number of nitrogens with one attached hydrogen (secondary N) is 1. The zero-order valence-electron chi connectivity index (χ0n) is 17.5. The number of hydrogen-bond acceptors (Lipinski definition) is 3. The number of imide groups is 1. The molecule has 4 aromatic rings. The number of carbonyl (C=O) groups excluding carboxylic acids is 2. The molecular weight excluding hydrogens is 406 g/mol. The summed E-state index contributed by atoms with van der Waals surface area (Å²) in [5, 5.41) is 13.2. The van der Waals surface area contributed by atoms with Gasteiger partial charge < -0.3 is 14.2 Å². The second-order valence-corrected chi connectivity index (χ2v) is 7.95. The predicted molar refractivity (Wildman–Crippen MR) is 122 cm³/mol. The van der Waals surface area contributed by atoms with E-state index in [9.17, 15) is 14.4 Å². The summed E-state index contributed by atoms with van der Waals surface area (Å²) >= 11 is 0. The second-order valence-electron chi connectivity index (χ2n) is 7.95. The highest BCUT2D eigenvalue weighted by Crippen LogP contribution is 2.38. The quantitative estimate of drug-likeness (QED) is 0.460. The van der Waals surface area contributed by atoms with Crippen LogP contribution in [0.1, 0.15) is 24.0 Å². The molecule has 0 atom stereocenters. The minimum atomic E-state index is -0.844. The molecule has 2 aromatic carbocycles. The van der Waals surface area contributed by atoms with Crippen molar-refractivity contribution < 1.29 is 19.5 Å². The van der Waals surface area contributed by atoms with Crippen molar-refractivity contribution in [3.05, 3.63) is 72.1 Å². The summed E-state index contributed by atoms with van der Waals surface area (Å²) in [7, 11) is 1.91. The van der Waals surface area contributed by atoms with Gasteiger partial charge in [-0.05, 0) is 18.6 Å². The molecule has 0 unspecified atom stereocenters. The van der Waals surface area contributed by atoms with Crippen LogP contribution in [0.15, 0.2) is 60.9 Å². The Morgan fingerprint density at radius 1 is 0.875 bits per heavy atom. The number of rotatable bonds is 6. The van der Waals surface area contributed by atoms with Gasteiger partial charge in [0, 0.05) is 65.3 Å². The fourth-order valence-electron chi connectivity index (χ4n) is 4.54. The average Bonchev–Trinajstić information content (AvgIpc) is 3.39. The molecule has 2 N–H and O–H groups in total. The van der Waals surface area contributed by atoms with Gasteiger partial charge in [0.05, 0.1) is 11.1 Å². The highest BCUT2D eigenvalue weighted by Gasteiger charge is 2.35. The number of aryl methyl sites for hydroxylation is 2. The summed E-state index contributed by atoms with van der Waals surface area (Å²) in [4.78, 5) is 36.9. The Bertz CT molecular complexity index is 1450. The number of carboxylic acid groups (broad SMARTS) is 1. The van der Waals surface area contributed by atoms with Crippen LogP contribution < -0.4 is 5.32 Å². The lowest BCUT2D eigenvalue weighted by Crippen LogP contribution is -2.22. The third-order valence-electron chi connectivity index (χ3n) is 5.95. The topological polar surface area (TPSA) is 93.3 Å². The van der Waals surface area contributed by atoms with Gasteiger partial charge in [0.15, 0.2) is 0 Å². The number of nitrogens with zero attached hydrogens (tertiary/aromatic N) is 2. The molecule has 1 aliphatic heterocycles. The smallest absolute Gasteiger partial charge is 0.303 e. The van der Waals surface area contributed by atoms with E-state index in [1.807, 2.05) is 77.1 Å². The lowest BCUT2D eigenvalue weighted by molar-refractivity contribution is -0.137. The van der Waals surface area contributed by atoms with Crippen LogP contribution in [0, 0.1) is 0 Å². The Balaban J connectivity index is 1.73. The van der Waals surface area contributed by atoms with Gasteiger partial charge in [-0.3, -0.25) is 19.7 Å². The third-order valence-corrected chi connectivity index (χ3v) is 5.95. The molecular formula is C25H21N3O4. The van der Waals surface area contributed by atoms with E-state index in [0.29, 0.717) is 35.2 Å². The Morgan fingerprint density at radius 2 is 1.44 bits per heavy atom. The monoisotopic (exact) mass is 427 g/mol. The maximum Gasteiger partial charge on any atom is 0.303 e. The second kappa shape index (κ2) is 7.53. The van der Waals surface area contributed by atoms with Crippen LogP contribution >= 0.6 is 0 Å². The van der Waals surface area contributed by atoms with Crippen molar-refractivity contribution >= 4 is 50.7 Å². The molecule has 1 aliphatic rings. The summed E-state index contributed by atoms with van der Waals surface area (Å²) in [6.45, 7) is 0.499. The number of hydrogen-bond donors (Lipinski definition) is 2. The molecule has 160 valence electrons. The van der Waals surface area contributed by atoms with Crippen molar-refractivity contribution in [1.82, 2.24) is 14.5 Å². The molecule has 0 spiro atoms. The predicted octanol–water partition coefficient (Wildman–Crippen LogP) is 3.57. The van der Waals surface area contributed by atoms with E-state index in [-0.39, 0.29) is 6.42 Å². The first kappa shape index (κ1) is 19.8. The third kappa shape index (κ3) is 3.10. The molecule has 5 rings (SSSR count). The van der Waals surface area contributed by atoms with Gasteiger partial charge >= 0.3 is 5.97 Å². The summed E-state index contributed by atoms with van der Waals surface area (Å²) in [5.74, 6) is -1.68. The maximum atomic E-state index is 13.0. The Kier molecular flexibility index (Phi) is 4.66. The minimum absolute atomic E-state index is 0.0603. The molecule has 0 saturated carbocycles. The number of carbonyl (C=O) groups is 3. The number of benzene rings is 2. The van der Waals surface area contributed by atoms with Gasteiger partial charge in [-0.25, -0.2) is 0 Å².